The molecule has 1 aliphatic rings. The normalized spacial score (nSPS) is 12.5. The number of nitrogens with zero attached hydrogens (tertiary/aromatic N) is 3. The van der Waals surface area contributed by atoms with E-state index in [1.807, 2.05) is 0 Å². The molecule has 13 heteroatoms. The number of hydrazine groups is 1. The van der Waals surface area contributed by atoms with Gasteiger partial charge in [-0.15, -0.1) is 0 Å². The van der Waals surface area contributed by atoms with Gasteiger partial charge < -0.3 is 0 Å². The number of benzene rings is 3. The molecule has 36 heavy (non-hydrogen) atoms. The molecule has 4 rings (SSSR count). The highest BCUT2D eigenvalue weighted by atomic mass is 79.9. The maximum Gasteiger partial charge on any atom is 0.282 e. The van der Waals surface area contributed by atoms with Gasteiger partial charge in [0.25, 0.3) is 23.4 Å². The van der Waals surface area contributed by atoms with Gasteiger partial charge in [0.2, 0.25) is 0 Å². The fourth-order valence-corrected chi connectivity index (χ4v) is 6.00. The van der Waals surface area contributed by atoms with Crippen molar-refractivity contribution < 1.29 is 24.1 Å². The molecule has 0 saturated heterocycles. The van der Waals surface area contributed by atoms with Crippen molar-refractivity contribution in [2.24, 2.45) is 0 Å². The first-order valence-corrected chi connectivity index (χ1v) is 13.1. The van der Waals surface area contributed by atoms with Gasteiger partial charge >= 0.3 is 0 Å². The summed E-state index contributed by atoms with van der Waals surface area (Å²) >= 11 is 13.3. The van der Waals surface area contributed by atoms with Gasteiger partial charge in [0, 0.05) is 41.2 Å². The molecule has 3 aromatic carbocycles. The predicted molar refractivity (Wildman–Crippen MR) is 143 cm³/mol. The lowest BCUT2D eigenvalue weighted by Gasteiger charge is -2.29. The first-order chi connectivity index (χ1) is 17.0. The summed E-state index contributed by atoms with van der Waals surface area (Å²) in [4.78, 5) is 64.3. The van der Waals surface area contributed by atoms with E-state index in [9.17, 15) is 29.3 Å². The number of nitro groups is 1. The Hall–Kier alpha value is -2.74. The van der Waals surface area contributed by atoms with E-state index < -0.39 is 35.0 Å². The zero-order chi connectivity index (χ0) is 26.3. The summed E-state index contributed by atoms with van der Waals surface area (Å²) < 4.78 is 1.44. The van der Waals surface area contributed by atoms with E-state index in [2.05, 4.69) is 63.7 Å². The lowest BCUT2D eigenvalue weighted by Crippen LogP contribution is -2.51. The lowest BCUT2D eigenvalue weighted by molar-refractivity contribution is -0.384. The summed E-state index contributed by atoms with van der Waals surface area (Å²) in [6, 6.07) is 12.8. The van der Waals surface area contributed by atoms with Gasteiger partial charge in [-0.1, -0.05) is 36.4 Å². The van der Waals surface area contributed by atoms with Crippen LogP contribution in [0.25, 0.3) is 0 Å². The standard InChI is InChI=1S/C23H11Br4N3O6/c24-17-15-16(18(25)20(27)19(17)26)23(34)29(22(15)33)28(10-14(31)11-5-2-1-3-6-11)21(32)12-7-4-8-13(9-12)30(35)36/h1-9H,10H2. The van der Waals surface area contributed by atoms with Gasteiger partial charge in [0.1, 0.15) is 6.54 Å². The maximum atomic E-state index is 13.6. The number of non-ortho nitro benzene ring substituents is 1. The first kappa shape index (κ1) is 26.3. The van der Waals surface area contributed by atoms with Crippen LogP contribution in [0.1, 0.15) is 41.4 Å². The summed E-state index contributed by atoms with van der Waals surface area (Å²) in [5.74, 6) is -3.19. The highest BCUT2D eigenvalue weighted by Gasteiger charge is 2.46. The summed E-state index contributed by atoms with van der Waals surface area (Å²) in [7, 11) is 0. The fourth-order valence-electron chi connectivity index (χ4n) is 3.54. The maximum absolute atomic E-state index is 13.6. The van der Waals surface area contributed by atoms with Crippen LogP contribution >= 0.6 is 63.7 Å². The van der Waals surface area contributed by atoms with Crippen molar-refractivity contribution in [2.45, 2.75) is 0 Å². The Labute approximate surface area is 237 Å². The van der Waals surface area contributed by atoms with Crippen LogP contribution in [-0.4, -0.2) is 45.0 Å². The number of carbonyl (C=O) groups excluding carboxylic acids is 4. The van der Waals surface area contributed by atoms with Crippen molar-refractivity contribution in [2.75, 3.05) is 6.54 Å². The number of carbonyl (C=O) groups is 4. The Morgan fingerprint density at radius 1 is 0.806 bits per heavy atom. The second-order valence-electron chi connectivity index (χ2n) is 7.39. The van der Waals surface area contributed by atoms with Gasteiger partial charge in [-0.25, -0.2) is 5.01 Å². The number of ketones is 1. The fraction of sp³-hybridized carbons (Fsp3) is 0.0435. The Bertz CT molecular complexity index is 1430. The molecule has 3 aromatic rings. The molecule has 0 bridgehead atoms. The smallest absolute Gasteiger partial charge is 0.282 e. The third-order valence-corrected chi connectivity index (χ3v) is 10.0. The molecule has 0 aromatic heterocycles. The van der Waals surface area contributed by atoms with Crippen LogP contribution in [0.2, 0.25) is 0 Å². The second kappa shape index (κ2) is 10.3. The molecule has 0 fully saturated rings. The highest BCUT2D eigenvalue weighted by Crippen LogP contribution is 2.45. The van der Waals surface area contributed by atoms with Crippen molar-refractivity contribution in [1.82, 2.24) is 10.0 Å². The molecule has 1 aliphatic heterocycles. The lowest BCUT2D eigenvalue weighted by atomic mass is 10.1. The minimum absolute atomic E-state index is 0.0223. The monoisotopic (exact) mass is 741 g/mol. The molecule has 0 radical (unpaired) electrons. The van der Waals surface area contributed by atoms with Gasteiger partial charge in [-0.05, 0) is 69.8 Å². The van der Waals surface area contributed by atoms with E-state index in [4.69, 9.17) is 0 Å². The molecule has 3 amide bonds. The van der Waals surface area contributed by atoms with Crippen LogP contribution in [-0.2, 0) is 0 Å². The average molecular weight is 745 g/mol. The minimum Gasteiger partial charge on any atom is -0.292 e. The van der Waals surface area contributed by atoms with Crippen molar-refractivity contribution >= 4 is 92.9 Å². The van der Waals surface area contributed by atoms with Crippen molar-refractivity contribution in [3.63, 3.8) is 0 Å². The molecular formula is C23H11Br4N3O6. The van der Waals surface area contributed by atoms with E-state index in [-0.39, 0.29) is 36.9 Å². The van der Waals surface area contributed by atoms with Crippen molar-refractivity contribution in [3.8, 4) is 0 Å². The van der Waals surface area contributed by atoms with Crippen LogP contribution in [0.15, 0.2) is 72.5 Å². The number of amides is 3. The Morgan fingerprint density at radius 3 is 1.86 bits per heavy atom. The second-order valence-corrected chi connectivity index (χ2v) is 10.6. The van der Waals surface area contributed by atoms with Gasteiger partial charge in [0.15, 0.2) is 5.78 Å². The van der Waals surface area contributed by atoms with Crippen LogP contribution in [0.3, 0.4) is 0 Å². The number of rotatable bonds is 6. The first-order valence-electron chi connectivity index (χ1n) is 9.93. The van der Waals surface area contributed by atoms with Crippen molar-refractivity contribution in [3.05, 3.63) is 105 Å². The third kappa shape index (κ3) is 4.56. The number of hydrogen-bond acceptors (Lipinski definition) is 6. The van der Waals surface area contributed by atoms with Crippen LogP contribution < -0.4 is 0 Å². The number of imide groups is 1. The number of nitro benzene ring substituents is 1. The van der Waals surface area contributed by atoms with E-state index in [1.54, 1.807) is 18.2 Å². The largest absolute Gasteiger partial charge is 0.292 e. The van der Waals surface area contributed by atoms with Crippen molar-refractivity contribution in [1.29, 1.82) is 0 Å². The SMILES string of the molecule is O=C(CN(C(=O)c1cccc([N+](=O)[O-])c1)N1C(=O)c2c(Br)c(Br)c(Br)c(Br)c2C1=O)c1ccccc1. The quantitative estimate of drug-likeness (QED) is 0.0744. The zero-order valence-corrected chi connectivity index (χ0v) is 24.1. The minimum atomic E-state index is -0.942. The molecule has 0 atom stereocenters. The molecule has 9 nitrogen and oxygen atoms in total. The molecule has 182 valence electrons. The Morgan fingerprint density at radius 2 is 1.33 bits per heavy atom. The van der Waals surface area contributed by atoms with E-state index in [0.717, 1.165) is 6.07 Å². The van der Waals surface area contributed by atoms with Crippen LogP contribution in [0.4, 0.5) is 5.69 Å². The van der Waals surface area contributed by atoms with Crippen LogP contribution in [0.5, 0.6) is 0 Å². The van der Waals surface area contributed by atoms with Gasteiger partial charge in [-0.2, -0.15) is 5.01 Å². The molecule has 0 unspecified atom stereocenters. The predicted octanol–water partition coefficient (Wildman–Crippen LogP) is 6.18. The molecule has 0 N–H and O–H groups in total. The number of Topliss-reactive ketones (excluding diaryl/α,β-unsaturated/α-hetero) is 1. The summed E-state index contributed by atoms with van der Waals surface area (Å²) in [6.07, 6.45) is 0. The molecular weight excluding hydrogens is 734 g/mol. The van der Waals surface area contributed by atoms with E-state index >= 15 is 0 Å². The molecule has 0 spiro atoms. The zero-order valence-electron chi connectivity index (χ0n) is 17.7. The number of hydrogen-bond donors (Lipinski definition) is 0. The molecule has 1 heterocycles. The topological polar surface area (TPSA) is 118 Å². The highest BCUT2D eigenvalue weighted by molar-refractivity contribution is 9.15. The Kier molecular flexibility index (Phi) is 7.55. The summed E-state index contributed by atoms with van der Waals surface area (Å²) in [6.45, 7) is -0.672. The molecule has 0 saturated carbocycles. The van der Waals surface area contributed by atoms with Gasteiger partial charge in [-0.3, -0.25) is 29.3 Å². The van der Waals surface area contributed by atoms with E-state index in [0.29, 0.717) is 19.0 Å². The van der Waals surface area contributed by atoms with E-state index in [1.165, 1.54) is 30.3 Å². The third-order valence-electron chi connectivity index (χ3n) is 5.25. The Balaban J connectivity index is 1.84. The average Bonchev–Trinajstić information content (AvgIpc) is 3.14. The summed E-state index contributed by atoms with van der Waals surface area (Å²) in [5, 5.41) is 12.5. The molecule has 0 aliphatic carbocycles. The van der Waals surface area contributed by atoms with Gasteiger partial charge in [0.05, 0.1) is 16.1 Å². The number of halogens is 4. The summed E-state index contributed by atoms with van der Waals surface area (Å²) in [5.41, 5.74) is -0.339. The van der Waals surface area contributed by atoms with Crippen LogP contribution in [0, 0.1) is 10.1 Å². The number of fused-ring (bicyclic) bond motifs is 1.